The zero-order valence-electron chi connectivity index (χ0n) is 8.72. The third kappa shape index (κ3) is 1.48. The van der Waals surface area contributed by atoms with Crippen LogP contribution in [0.5, 0.6) is 0 Å². The largest absolute Gasteiger partial charge is 0.358 e. The van der Waals surface area contributed by atoms with Gasteiger partial charge in [-0.05, 0) is 13.8 Å². The van der Waals surface area contributed by atoms with Gasteiger partial charge in [-0.15, -0.1) is 0 Å². The number of hydrazine groups is 1. The van der Waals surface area contributed by atoms with Crippen LogP contribution in [0.15, 0.2) is 5.10 Å². The molecule has 1 aliphatic heterocycles. The van der Waals surface area contributed by atoms with E-state index in [1.807, 2.05) is 0 Å². The van der Waals surface area contributed by atoms with Crippen molar-refractivity contribution < 1.29 is 4.79 Å². The quantitative estimate of drug-likeness (QED) is 0.610. The normalized spacial score (nSPS) is 17.4. The number of hydrazone groups is 1. The van der Waals surface area contributed by atoms with Crippen LogP contribution in [0.3, 0.4) is 0 Å². The van der Waals surface area contributed by atoms with Gasteiger partial charge in [-0.1, -0.05) is 0 Å². The Kier molecular flexibility index (Phi) is 2.34. The van der Waals surface area contributed by atoms with Crippen molar-refractivity contribution in [2.75, 3.05) is 14.1 Å². The van der Waals surface area contributed by atoms with E-state index < -0.39 is 5.54 Å². The Morgan fingerprint density at radius 2 is 2.07 bits per heavy atom. The van der Waals surface area contributed by atoms with Crippen molar-refractivity contribution in [3.05, 3.63) is 0 Å². The van der Waals surface area contributed by atoms with Crippen LogP contribution in [0.2, 0.25) is 0 Å². The van der Waals surface area contributed by atoms with E-state index >= 15 is 0 Å². The number of urea groups is 1. The minimum absolute atomic E-state index is 0.268. The Morgan fingerprint density at radius 3 is 2.57 bits per heavy atom. The van der Waals surface area contributed by atoms with Crippen molar-refractivity contribution in [3.63, 3.8) is 0 Å². The molecule has 1 aliphatic rings. The Labute approximate surface area is 83.0 Å². The van der Waals surface area contributed by atoms with Gasteiger partial charge < -0.3 is 0 Å². The van der Waals surface area contributed by atoms with Crippen molar-refractivity contribution in [3.8, 4) is 6.07 Å². The number of hydrogen-bond acceptors (Lipinski definition) is 4. The molecule has 0 saturated heterocycles. The van der Waals surface area contributed by atoms with Crippen molar-refractivity contribution >= 4 is 12.4 Å². The lowest BCUT2D eigenvalue weighted by molar-refractivity contribution is 0.0266. The first-order valence-electron chi connectivity index (χ1n) is 4.16. The van der Waals surface area contributed by atoms with Gasteiger partial charge in [0, 0.05) is 14.1 Å². The number of nitriles is 1. The summed E-state index contributed by atoms with van der Waals surface area (Å²) in [5.41, 5.74) is -0.783. The zero-order chi connectivity index (χ0) is 10.9. The van der Waals surface area contributed by atoms with Crippen molar-refractivity contribution in [2.45, 2.75) is 19.4 Å². The zero-order valence-corrected chi connectivity index (χ0v) is 8.72. The second kappa shape index (κ2) is 3.18. The maximum absolute atomic E-state index is 11.5. The first-order chi connectivity index (χ1) is 6.40. The summed E-state index contributed by atoms with van der Waals surface area (Å²) in [5.74, 6) is 0. The summed E-state index contributed by atoms with van der Waals surface area (Å²) in [5, 5.41) is 16.8. The van der Waals surface area contributed by atoms with Crippen LogP contribution in [0.25, 0.3) is 0 Å². The number of amides is 2. The van der Waals surface area contributed by atoms with E-state index in [9.17, 15) is 4.79 Å². The van der Waals surface area contributed by atoms with Gasteiger partial charge >= 0.3 is 6.03 Å². The summed E-state index contributed by atoms with van der Waals surface area (Å²) >= 11 is 0. The highest BCUT2D eigenvalue weighted by atomic mass is 16.2. The van der Waals surface area contributed by atoms with Gasteiger partial charge in [0.25, 0.3) is 0 Å². The molecule has 0 aromatic carbocycles. The molecular weight excluding hydrogens is 182 g/mol. The Bertz CT molecular complexity index is 316. The van der Waals surface area contributed by atoms with E-state index in [-0.39, 0.29) is 6.03 Å². The number of nitrogens with zero attached hydrogens (tertiary/aromatic N) is 5. The average Bonchev–Trinajstić information content (AvgIpc) is 2.14. The summed E-state index contributed by atoms with van der Waals surface area (Å²) in [4.78, 5) is 11.5. The lowest BCUT2D eigenvalue weighted by atomic mass is 10.1. The van der Waals surface area contributed by atoms with Gasteiger partial charge in [-0.3, -0.25) is 0 Å². The highest BCUT2D eigenvalue weighted by Gasteiger charge is 2.34. The monoisotopic (exact) mass is 195 g/mol. The lowest BCUT2D eigenvalue weighted by Crippen LogP contribution is -2.58. The fraction of sp³-hybridized carbons (Fsp3) is 0.625. The molecule has 0 fully saturated rings. The predicted octanol–water partition coefficient (Wildman–Crippen LogP) is 0.446. The van der Waals surface area contributed by atoms with Crippen LogP contribution in [-0.4, -0.2) is 47.0 Å². The molecule has 76 valence electrons. The SMILES string of the molecule is CN1N=CN(C(C)(C)C#N)N(C)C1=O. The van der Waals surface area contributed by atoms with Crippen LogP contribution in [0.1, 0.15) is 13.8 Å². The average molecular weight is 195 g/mol. The fourth-order valence-corrected chi connectivity index (χ4v) is 1.13. The molecule has 0 aliphatic carbocycles. The predicted molar refractivity (Wildman–Crippen MR) is 50.9 cm³/mol. The molecule has 0 saturated carbocycles. The molecule has 0 unspecified atom stereocenters. The maximum Gasteiger partial charge on any atom is 0.358 e. The van der Waals surface area contributed by atoms with E-state index in [0.717, 1.165) is 0 Å². The summed E-state index contributed by atoms with van der Waals surface area (Å²) in [7, 11) is 3.16. The molecule has 14 heavy (non-hydrogen) atoms. The molecule has 0 spiro atoms. The van der Waals surface area contributed by atoms with Crippen LogP contribution in [0, 0.1) is 11.3 Å². The van der Waals surface area contributed by atoms with E-state index in [4.69, 9.17) is 5.26 Å². The standard InChI is InChI=1S/C8H13N5O/c1-8(2,5-9)13-6-10-11(3)7(14)12(13)4/h6H,1-4H3. The molecule has 0 aromatic heterocycles. The van der Waals surface area contributed by atoms with Crippen LogP contribution >= 0.6 is 0 Å². The number of rotatable bonds is 1. The van der Waals surface area contributed by atoms with Crippen LogP contribution < -0.4 is 0 Å². The molecule has 1 rings (SSSR count). The molecular formula is C8H13N5O. The molecule has 6 heteroatoms. The van der Waals surface area contributed by atoms with Gasteiger partial charge in [0.15, 0.2) is 0 Å². The number of hydrogen-bond donors (Lipinski definition) is 0. The number of carbonyl (C=O) groups excluding carboxylic acids is 1. The van der Waals surface area contributed by atoms with Crippen molar-refractivity contribution in [2.24, 2.45) is 5.10 Å². The van der Waals surface area contributed by atoms with Gasteiger partial charge in [-0.2, -0.15) is 10.4 Å². The second-order valence-electron chi connectivity index (χ2n) is 3.58. The summed E-state index contributed by atoms with van der Waals surface area (Å²) in [6.07, 6.45) is 1.46. The summed E-state index contributed by atoms with van der Waals surface area (Å²) in [6, 6.07) is 1.83. The molecule has 0 N–H and O–H groups in total. The highest BCUT2D eigenvalue weighted by molar-refractivity contribution is 5.79. The minimum atomic E-state index is -0.783. The molecule has 6 nitrogen and oxygen atoms in total. The lowest BCUT2D eigenvalue weighted by Gasteiger charge is -2.41. The van der Waals surface area contributed by atoms with Gasteiger partial charge in [0.1, 0.15) is 11.9 Å². The Hall–Kier alpha value is -1.77. The van der Waals surface area contributed by atoms with E-state index in [1.165, 1.54) is 21.4 Å². The maximum atomic E-state index is 11.5. The third-order valence-corrected chi connectivity index (χ3v) is 2.06. The second-order valence-corrected chi connectivity index (χ2v) is 3.58. The fourth-order valence-electron chi connectivity index (χ4n) is 1.13. The van der Waals surface area contributed by atoms with E-state index in [1.54, 1.807) is 27.9 Å². The van der Waals surface area contributed by atoms with E-state index in [2.05, 4.69) is 11.2 Å². The molecule has 1 heterocycles. The molecule has 0 bridgehead atoms. The molecule has 0 atom stereocenters. The molecule has 2 amide bonds. The van der Waals surface area contributed by atoms with Crippen LogP contribution in [0.4, 0.5) is 4.79 Å². The van der Waals surface area contributed by atoms with Gasteiger partial charge in [0.05, 0.1) is 6.07 Å². The van der Waals surface area contributed by atoms with Crippen molar-refractivity contribution in [1.29, 1.82) is 5.26 Å². The van der Waals surface area contributed by atoms with Crippen LogP contribution in [-0.2, 0) is 0 Å². The minimum Gasteiger partial charge on any atom is -0.249 e. The van der Waals surface area contributed by atoms with Gasteiger partial charge in [-0.25, -0.2) is 19.8 Å². The van der Waals surface area contributed by atoms with Crippen molar-refractivity contribution in [1.82, 2.24) is 15.0 Å². The smallest absolute Gasteiger partial charge is 0.249 e. The Balaban J connectivity index is 2.99. The van der Waals surface area contributed by atoms with Gasteiger partial charge in [0.2, 0.25) is 0 Å². The number of carbonyl (C=O) groups is 1. The first kappa shape index (κ1) is 10.3. The molecule has 0 radical (unpaired) electrons. The Morgan fingerprint density at radius 1 is 1.50 bits per heavy atom. The highest BCUT2D eigenvalue weighted by Crippen LogP contribution is 2.17. The topological polar surface area (TPSA) is 62.9 Å². The summed E-state index contributed by atoms with van der Waals surface area (Å²) < 4.78 is 0. The third-order valence-electron chi connectivity index (χ3n) is 2.06. The molecule has 0 aromatic rings. The first-order valence-corrected chi connectivity index (χ1v) is 4.16. The van der Waals surface area contributed by atoms with E-state index in [0.29, 0.717) is 0 Å². The summed E-state index contributed by atoms with van der Waals surface area (Å²) in [6.45, 7) is 3.43.